The van der Waals surface area contributed by atoms with Gasteiger partial charge in [0.25, 0.3) is 0 Å². The van der Waals surface area contributed by atoms with Gasteiger partial charge in [-0.2, -0.15) is 0 Å². The lowest BCUT2D eigenvalue weighted by molar-refractivity contribution is -0.132. The van der Waals surface area contributed by atoms with E-state index in [4.69, 9.17) is 5.73 Å². The predicted octanol–water partition coefficient (Wildman–Crippen LogP) is 4.20. The summed E-state index contributed by atoms with van der Waals surface area (Å²) in [7, 11) is 1.46. The van der Waals surface area contributed by atoms with Gasteiger partial charge in [0.05, 0.1) is 0 Å². The molecule has 1 atom stereocenters. The SMILES string of the molecule is CC.CC(=O)c1ccc(-c2ccc(C#CC3CC3)cc2)cc1.CNC(=O)C(C)C(N)=O. The average molecular weight is 421 g/mol. The highest BCUT2D eigenvalue weighted by molar-refractivity contribution is 5.98. The molecule has 2 aromatic carbocycles. The van der Waals surface area contributed by atoms with Crippen LogP contribution in [0.1, 0.15) is 56.5 Å². The molecule has 2 aromatic rings. The molecule has 164 valence electrons. The zero-order chi connectivity index (χ0) is 23.4. The van der Waals surface area contributed by atoms with E-state index in [1.807, 2.05) is 38.1 Å². The highest BCUT2D eigenvalue weighted by Gasteiger charge is 2.17. The van der Waals surface area contributed by atoms with E-state index in [0.29, 0.717) is 5.92 Å². The summed E-state index contributed by atoms with van der Waals surface area (Å²) in [5.41, 5.74) is 8.91. The van der Waals surface area contributed by atoms with Crippen molar-refractivity contribution in [3.63, 3.8) is 0 Å². The van der Waals surface area contributed by atoms with Crippen molar-refractivity contribution in [1.29, 1.82) is 0 Å². The van der Waals surface area contributed by atoms with Gasteiger partial charge in [-0.25, -0.2) is 0 Å². The summed E-state index contributed by atoms with van der Waals surface area (Å²) in [6, 6.07) is 16.0. The molecule has 0 aromatic heterocycles. The molecule has 0 aliphatic heterocycles. The van der Waals surface area contributed by atoms with Gasteiger partial charge in [0.15, 0.2) is 5.78 Å². The Balaban J connectivity index is 0.000000372. The molecule has 0 bridgehead atoms. The van der Waals surface area contributed by atoms with Gasteiger partial charge >= 0.3 is 0 Å². The van der Waals surface area contributed by atoms with E-state index < -0.39 is 11.8 Å². The standard InChI is InChI=1S/C19H16O.C5H10N2O2.C2H6/c1-14(20)17-10-12-19(13-11-17)18-8-6-16(7-9-18)5-4-15-2-3-15;1-3(4(6)8)5(9)7-2;1-2/h6-13,15H,2-3H2,1H3;3H,1-2H3,(H2,6,8)(H,7,9);1-2H3. The van der Waals surface area contributed by atoms with Crippen LogP contribution in [-0.2, 0) is 9.59 Å². The normalized spacial score (nSPS) is 12.4. The van der Waals surface area contributed by atoms with Gasteiger partial charge in [0.2, 0.25) is 11.8 Å². The Hall–Kier alpha value is -3.39. The Morgan fingerprint density at radius 3 is 1.81 bits per heavy atom. The first kappa shape index (κ1) is 25.6. The molecule has 2 amide bonds. The van der Waals surface area contributed by atoms with Crippen LogP contribution in [0.2, 0.25) is 0 Å². The zero-order valence-electron chi connectivity index (χ0n) is 19.0. The summed E-state index contributed by atoms with van der Waals surface area (Å²) in [4.78, 5) is 32.1. The Bertz CT molecular complexity index is 931. The van der Waals surface area contributed by atoms with E-state index in [0.717, 1.165) is 22.3 Å². The number of carbonyl (C=O) groups is 3. The van der Waals surface area contributed by atoms with Crippen LogP contribution in [0.4, 0.5) is 0 Å². The molecular formula is C26H32N2O3. The van der Waals surface area contributed by atoms with Crippen molar-refractivity contribution in [2.24, 2.45) is 17.6 Å². The minimum Gasteiger partial charge on any atom is -0.369 e. The van der Waals surface area contributed by atoms with Crippen LogP contribution in [0.3, 0.4) is 0 Å². The fourth-order valence-electron chi connectivity index (χ4n) is 2.40. The number of Topliss-reactive ketones (excluding diaryl/α,β-unsaturated/α-hetero) is 1. The Kier molecular flexibility index (Phi) is 10.8. The van der Waals surface area contributed by atoms with Gasteiger partial charge < -0.3 is 11.1 Å². The molecule has 3 N–H and O–H groups in total. The van der Waals surface area contributed by atoms with Crippen LogP contribution < -0.4 is 11.1 Å². The number of ketones is 1. The molecule has 1 aliphatic carbocycles. The van der Waals surface area contributed by atoms with E-state index in [2.05, 4.69) is 41.4 Å². The molecule has 0 saturated heterocycles. The summed E-state index contributed by atoms with van der Waals surface area (Å²) >= 11 is 0. The summed E-state index contributed by atoms with van der Waals surface area (Å²) in [5, 5.41) is 2.31. The van der Waals surface area contributed by atoms with Gasteiger partial charge in [-0.05, 0) is 49.9 Å². The van der Waals surface area contributed by atoms with Gasteiger partial charge in [-0.3, -0.25) is 14.4 Å². The molecular weight excluding hydrogens is 388 g/mol. The van der Waals surface area contributed by atoms with Gasteiger partial charge in [-0.15, -0.1) is 0 Å². The molecule has 5 nitrogen and oxygen atoms in total. The number of hydrogen-bond acceptors (Lipinski definition) is 3. The summed E-state index contributed by atoms with van der Waals surface area (Å²) < 4.78 is 0. The first-order valence-corrected chi connectivity index (χ1v) is 10.6. The van der Waals surface area contributed by atoms with Crippen molar-refractivity contribution in [2.45, 2.75) is 40.5 Å². The maximum atomic E-state index is 11.3. The molecule has 0 spiro atoms. The van der Waals surface area contributed by atoms with E-state index in [1.54, 1.807) is 6.92 Å². The Morgan fingerprint density at radius 1 is 0.968 bits per heavy atom. The van der Waals surface area contributed by atoms with E-state index in [1.165, 1.54) is 26.8 Å². The monoisotopic (exact) mass is 420 g/mol. The van der Waals surface area contributed by atoms with Crippen LogP contribution in [0.15, 0.2) is 48.5 Å². The number of rotatable bonds is 4. The van der Waals surface area contributed by atoms with Gasteiger partial charge in [0.1, 0.15) is 5.92 Å². The van der Waals surface area contributed by atoms with Gasteiger partial charge in [0, 0.05) is 24.1 Å². The molecule has 1 fully saturated rings. The fourth-order valence-corrected chi connectivity index (χ4v) is 2.40. The smallest absolute Gasteiger partial charge is 0.232 e. The van der Waals surface area contributed by atoms with Gasteiger partial charge in [-0.1, -0.05) is 62.1 Å². The second-order valence-corrected chi connectivity index (χ2v) is 6.99. The number of amides is 2. The molecule has 1 aliphatic rings. The minimum absolute atomic E-state index is 0.0993. The Labute approximate surface area is 185 Å². The molecule has 3 rings (SSSR count). The number of primary amides is 1. The van der Waals surface area contributed by atoms with Crippen molar-refractivity contribution in [3.8, 4) is 23.0 Å². The third kappa shape index (κ3) is 8.88. The van der Waals surface area contributed by atoms with E-state index >= 15 is 0 Å². The fraction of sp³-hybridized carbons (Fsp3) is 0.346. The van der Waals surface area contributed by atoms with Crippen molar-refractivity contribution in [3.05, 3.63) is 59.7 Å². The molecule has 5 heteroatoms. The molecule has 31 heavy (non-hydrogen) atoms. The topological polar surface area (TPSA) is 89.3 Å². The first-order chi connectivity index (χ1) is 14.8. The first-order valence-electron chi connectivity index (χ1n) is 10.6. The van der Waals surface area contributed by atoms with E-state index in [9.17, 15) is 14.4 Å². The van der Waals surface area contributed by atoms with Crippen LogP contribution in [0, 0.1) is 23.7 Å². The van der Waals surface area contributed by atoms with Crippen LogP contribution in [0.25, 0.3) is 11.1 Å². The highest BCUT2D eigenvalue weighted by Crippen LogP contribution is 2.27. The number of carbonyl (C=O) groups excluding carboxylic acids is 3. The minimum atomic E-state index is -0.727. The quantitative estimate of drug-likeness (QED) is 0.441. The van der Waals surface area contributed by atoms with Crippen molar-refractivity contribution < 1.29 is 14.4 Å². The second kappa shape index (κ2) is 13.0. The van der Waals surface area contributed by atoms with Crippen LogP contribution in [-0.4, -0.2) is 24.6 Å². The van der Waals surface area contributed by atoms with Crippen LogP contribution >= 0.6 is 0 Å². The predicted molar refractivity (Wildman–Crippen MR) is 125 cm³/mol. The number of nitrogens with one attached hydrogen (secondary N) is 1. The van der Waals surface area contributed by atoms with E-state index in [-0.39, 0.29) is 11.7 Å². The third-order valence-electron chi connectivity index (χ3n) is 4.57. The maximum absolute atomic E-state index is 11.3. The molecule has 1 unspecified atom stereocenters. The average Bonchev–Trinajstić information content (AvgIpc) is 3.63. The maximum Gasteiger partial charge on any atom is 0.232 e. The summed E-state index contributed by atoms with van der Waals surface area (Å²) in [6.45, 7) is 7.05. The lowest BCUT2D eigenvalue weighted by Crippen LogP contribution is -2.34. The highest BCUT2D eigenvalue weighted by atomic mass is 16.2. The lowest BCUT2D eigenvalue weighted by atomic mass is 10.0. The third-order valence-corrected chi connectivity index (χ3v) is 4.57. The summed E-state index contributed by atoms with van der Waals surface area (Å²) in [6.07, 6.45) is 2.52. The molecule has 0 radical (unpaired) electrons. The number of benzene rings is 2. The number of nitrogens with two attached hydrogens (primary N) is 1. The van der Waals surface area contributed by atoms with Crippen molar-refractivity contribution in [2.75, 3.05) is 7.05 Å². The van der Waals surface area contributed by atoms with Crippen molar-refractivity contribution in [1.82, 2.24) is 5.32 Å². The molecule has 1 saturated carbocycles. The zero-order valence-corrected chi connectivity index (χ0v) is 19.0. The number of hydrogen-bond donors (Lipinski definition) is 2. The Morgan fingerprint density at radius 2 is 1.45 bits per heavy atom. The lowest BCUT2D eigenvalue weighted by Gasteiger charge is -2.03. The van der Waals surface area contributed by atoms with Crippen molar-refractivity contribution >= 4 is 17.6 Å². The molecule has 0 heterocycles. The van der Waals surface area contributed by atoms with Crippen LogP contribution in [0.5, 0.6) is 0 Å². The summed E-state index contributed by atoms with van der Waals surface area (Å²) in [5.74, 6) is 5.54. The largest absolute Gasteiger partial charge is 0.369 e. The second-order valence-electron chi connectivity index (χ2n) is 6.99.